The van der Waals surface area contributed by atoms with Gasteiger partial charge in [0, 0.05) is 26.7 Å². The van der Waals surface area contributed by atoms with Gasteiger partial charge in [-0.3, -0.25) is 4.79 Å². The summed E-state index contributed by atoms with van der Waals surface area (Å²) >= 11 is 0. The first kappa shape index (κ1) is 17.4. The molecule has 0 atom stereocenters. The lowest BCUT2D eigenvalue weighted by Crippen LogP contribution is -2.51. The number of hydrogen-bond donors (Lipinski definition) is 1. The van der Waals surface area contributed by atoms with Crippen LogP contribution in [0.25, 0.3) is 0 Å². The van der Waals surface area contributed by atoms with Crippen molar-refractivity contribution in [3.8, 4) is 0 Å². The van der Waals surface area contributed by atoms with E-state index in [2.05, 4.69) is 20.8 Å². The molecule has 1 aliphatic carbocycles. The van der Waals surface area contributed by atoms with E-state index in [-0.39, 0.29) is 11.3 Å². The molecular formula is C16H32N2O2. The molecule has 0 heterocycles. The molecule has 2 N–H and O–H groups in total. The van der Waals surface area contributed by atoms with E-state index in [9.17, 15) is 4.79 Å². The zero-order chi connectivity index (χ0) is 15.2. The molecular weight excluding hydrogens is 252 g/mol. The van der Waals surface area contributed by atoms with Gasteiger partial charge < -0.3 is 15.4 Å². The molecule has 0 radical (unpaired) electrons. The van der Waals surface area contributed by atoms with Gasteiger partial charge in [0.25, 0.3) is 0 Å². The Bertz CT molecular complexity index is 297. The highest BCUT2D eigenvalue weighted by atomic mass is 16.5. The zero-order valence-corrected chi connectivity index (χ0v) is 13.7. The van der Waals surface area contributed by atoms with Gasteiger partial charge in [0.05, 0.1) is 12.0 Å². The summed E-state index contributed by atoms with van der Waals surface area (Å²) in [5, 5.41) is 0. The van der Waals surface area contributed by atoms with Gasteiger partial charge in [-0.25, -0.2) is 0 Å². The van der Waals surface area contributed by atoms with Gasteiger partial charge in [-0.15, -0.1) is 0 Å². The van der Waals surface area contributed by atoms with Crippen molar-refractivity contribution in [2.45, 2.75) is 46.5 Å². The minimum atomic E-state index is -0.324. The Morgan fingerprint density at radius 1 is 1.40 bits per heavy atom. The van der Waals surface area contributed by atoms with E-state index in [0.717, 1.165) is 38.1 Å². The summed E-state index contributed by atoms with van der Waals surface area (Å²) in [7, 11) is 1.68. The highest BCUT2D eigenvalue weighted by Crippen LogP contribution is 2.39. The molecule has 1 amide bonds. The second kappa shape index (κ2) is 7.99. The monoisotopic (exact) mass is 284 g/mol. The first-order chi connectivity index (χ1) is 9.45. The van der Waals surface area contributed by atoms with Crippen molar-refractivity contribution in [3.05, 3.63) is 0 Å². The first-order valence-corrected chi connectivity index (χ1v) is 7.93. The van der Waals surface area contributed by atoms with Crippen molar-refractivity contribution in [3.63, 3.8) is 0 Å². The Hall–Kier alpha value is -0.610. The molecule has 0 aliphatic heterocycles. The number of carbonyl (C=O) groups is 1. The molecule has 0 bridgehead atoms. The van der Waals surface area contributed by atoms with Crippen LogP contribution in [0.15, 0.2) is 0 Å². The quantitative estimate of drug-likeness (QED) is 0.780. The van der Waals surface area contributed by atoms with Crippen molar-refractivity contribution in [2.24, 2.45) is 23.0 Å². The van der Waals surface area contributed by atoms with Crippen molar-refractivity contribution in [1.82, 2.24) is 4.90 Å². The summed E-state index contributed by atoms with van der Waals surface area (Å²) in [6.07, 6.45) is 4.10. The summed E-state index contributed by atoms with van der Waals surface area (Å²) in [5.41, 5.74) is 5.68. The summed E-state index contributed by atoms with van der Waals surface area (Å²) in [5.74, 6) is 1.44. The average molecular weight is 284 g/mol. The van der Waals surface area contributed by atoms with Crippen LogP contribution in [0.4, 0.5) is 0 Å². The predicted molar refractivity (Wildman–Crippen MR) is 82.4 cm³/mol. The smallest absolute Gasteiger partial charge is 0.230 e. The zero-order valence-electron chi connectivity index (χ0n) is 13.7. The number of carbonyl (C=O) groups excluding carboxylic acids is 1. The number of nitrogens with two attached hydrogens (primary N) is 1. The Balaban J connectivity index is 2.78. The third-order valence-corrected chi connectivity index (χ3v) is 4.51. The van der Waals surface area contributed by atoms with E-state index in [1.807, 2.05) is 4.90 Å². The molecule has 1 rings (SSSR count). The van der Waals surface area contributed by atoms with Crippen LogP contribution in [0, 0.1) is 17.3 Å². The molecule has 1 saturated carbocycles. The molecule has 118 valence electrons. The van der Waals surface area contributed by atoms with Crippen molar-refractivity contribution in [1.29, 1.82) is 0 Å². The maximum absolute atomic E-state index is 13.0. The van der Waals surface area contributed by atoms with E-state index < -0.39 is 0 Å². The lowest BCUT2D eigenvalue weighted by Gasteiger charge is -2.41. The van der Waals surface area contributed by atoms with Crippen LogP contribution in [-0.4, -0.2) is 44.2 Å². The normalized spacial score (nSPS) is 26.8. The Kier molecular flexibility index (Phi) is 6.96. The molecule has 0 aromatic rings. The Labute approximate surface area is 124 Å². The highest BCUT2D eigenvalue weighted by molar-refractivity contribution is 5.83. The summed E-state index contributed by atoms with van der Waals surface area (Å²) in [6, 6.07) is 0. The van der Waals surface area contributed by atoms with E-state index in [1.54, 1.807) is 7.11 Å². The standard InChI is InChI=1S/C16H32N2O2/c1-13(2)11-18(9-10-20-4)15(19)16(12-17)7-5-14(3)6-8-16/h13-14H,5-12,17H2,1-4H3. The molecule has 0 spiro atoms. The van der Waals surface area contributed by atoms with Crippen molar-refractivity contribution < 1.29 is 9.53 Å². The summed E-state index contributed by atoms with van der Waals surface area (Å²) in [6.45, 7) is 9.08. The molecule has 0 aromatic carbocycles. The second-order valence-corrected chi connectivity index (χ2v) is 6.80. The van der Waals surface area contributed by atoms with Crippen molar-refractivity contribution >= 4 is 5.91 Å². The Morgan fingerprint density at radius 3 is 2.45 bits per heavy atom. The minimum absolute atomic E-state index is 0.248. The summed E-state index contributed by atoms with van der Waals surface area (Å²) < 4.78 is 5.15. The van der Waals surface area contributed by atoms with Gasteiger partial charge in [0.15, 0.2) is 0 Å². The molecule has 1 fully saturated rings. The maximum Gasteiger partial charge on any atom is 0.230 e. The number of methoxy groups -OCH3 is 1. The summed E-state index contributed by atoms with van der Waals surface area (Å²) in [4.78, 5) is 15.0. The van der Waals surface area contributed by atoms with Crippen LogP contribution >= 0.6 is 0 Å². The molecule has 0 aromatic heterocycles. The Morgan fingerprint density at radius 2 is 2.00 bits per heavy atom. The molecule has 0 unspecified atom stereocenters. The van der Waals surface area contributed by atoms with E-state index in [1.165, 1.54) is 0 Å². The van der Waals surface area contributed by atoms with Gasteiger partial charge in [-0.2, -0.15) is 0 Å². The topological polar surface area (TPSA) is 55.6 Å². The van der Waals surface area contributed by atoms with Gasteiger partial charge in [0.2, 0.25) is 5.91 Å². The number of hydrogen-bond acceptors (Lipinski definition) is 3. The van der Waals surface area contributed by atoms with Crippen LogP contribution in [-0.2, 0) is 9.53 Å². The lowest BCUT2D eigenvalue weighted by atomic mass is 9.70. The highest BCUT2D eigenvalue weighted by Gasteiger charge is 2.42. The van der Waals surface area contributed by atoms with Gasteiger partial charge in [0.1, 0.15) is 0 Å². The number of rotatable bonds is 7. The largest absolute Gasteiger partial charge is 0.383 e. The number of ether oxygens (including phenoxy) is 1. The molecule has 0 saturated heterocycles. The maximum atomic E-state index is 13.0. The fourth-order valence-corrected chi connectivity index (χ4v) is 3.07. The molecule has 4 nitrogen and oxygen atoms in total. The van der Waals surface area contributed by atoms with Crippen LogP contribution in [0.1, 0.15) is 46.5 Å². The van der Waals surface area contributed by atoms with Crippen molar-refractivity contribution in [2.75, 3.05) is 33.4 Å². The van der Waals surface area contributed by atoms with Crippen LogP contribution in [0.5, 0.6) is 0 Å². The predicted octanol–water partition coefficient (Wildman–Crippen LogP) is 2.27. The lowest BCUT2D eigenvalue weighted by molar-refractivity contribution is -0.145. The van der Waals surface area contributed by atoms with Crippen LogP contribution in [0.3, 0.4) is 0 Å². The van der Waals surface area contributed by atoms with Gasteiger partial charge >= 0.3 is 0 Å². The molecule has 4 heteroatoms. The number of amides is 1. The van der Waals surface area contributed by atoms with Gasteiger partial charge in [-0.05, 0) is 37.5 Å². The van der Waals surface area contributed by atoms with E-state index >= 15 is 0 Å². The second-order valence-electron chi connectivity index (χ2n) is 6.80. The minimum Gasteiger partial charge on any atom is -0.383 e. The number of nitrogens with zero attached hydrogens (tertiary/aromatic N) is 1. The average Bonchev–Trinajstić information content (AvgIpc) is 2.43. The fraction of sp³-hybridized carbons (Fsp3) is 0.938. The molecule has 20 heavy (non-hydrogen) atoms. The molecule has 1 aliphatic rings. The third-order valence-electron chi connectivity index (χ3n) is 4.51. The first-order valence-electron chi connectivity index (χ1n) is 7.93. The van der Waals surface area contributed by atoms with Gasteiger partial charge in [-0.1, -0.05) is 20.8 Å². The fourth-order valence-electron chi connectivity index (χ4n) is 3.07. The third kappa shape index (κ3) is 4.45. The van der Waals surface area contributed by atoms with Crippen LogP contribution < -0.4 is 5.73 Å². The van der Waals surface area contributed by atoms with E-state index in [4.69, 9.17) is 10.5 Å². The SMILES string of the molecule is COCCN(CC(C)C)C(=O)C1(CN)CCC(C)CC1. The van der Waals surface area contributed by atoms with E-state index in [0.29, 0.717) is 25.6 Å². The van der Waals surface area contributed by atoms with Crippen LogP contribution in [0.2, 0.25) is 0 Å².